The van der Waals surface area contributed by atoms with Gasteiger partial charge in [0.25, 0.3) is 0 Å². The molecule has 3 N–H and O–H groups in total. The number of hydrogen-bond donors (Lipinski definition) is 2. The Kier molecular flexibility index (Phi) is 3.06. The van der Waals surface area contributed by atoms with Gasteiger partial charge in [-0.1, -0.05) is 0 Å². The molecule has 0 fully saturated rings. The molecule has 1 heterocycles. The summed E-state index contributed by atoms with van der Waals surface area (Å²) in [6.45, 7) is 2.01. The Bertz CT molecular complexity index is 229. The molecule has 1 aromatic heterocycles. The van der Waals surface area contributed by atoms with Gasteiger partial charge in [0.15, 0.2) is 0 Å². The SMILES string of the molecule is Cc1cc([C@H](N)CO)sc1Br. The molecule has 1 aromatic rings. The standard InChI is InChI=1S/C7H10BrNOS/c1-4-2-6(5(9)3-10)11-7(4)8/h2,5,10H,3,9H2,1H3/t5-/m1/s1. The number of hydrogen-bond acceptors (Lipinski definition) is 3. The summed E-state index contributed by atoms with van der Waals surface area (Å²) >= 11 is 4.97. The molecule has 0 saturated carbocycles. The van der Waals surface area contributed by atoms with E-state index in [0.29, 0.717) is 0 Å². The van der Waals surface area contributed by atoms with Crippen LogP contribution in [0.3, 0.4) is 0 Å². The maximum Gasteiger partial charge on any atom is 0.0731 e. The lowest BCUT2D eigenvalue weighted by molar-refractivity contribution is 0.269. The molecule has 0 unspecified atom stereocenters. The summed E-state index contributed by atoms with van der Waals surface area (Å²) in [4.78, 5) is 1.02. The van der Waals surface area contributed by atoms with Crippen LogP contribution >= 0.6 is 27.3 Å². The third-order valence-corrected chi connectivity index (χ3v) is 3.71. The van der Waals surface area contributed by atoms with E-state index in [2.05, 4.69) is 15.9 Å². The highest BCUT2D eigenvalue weighted by Gasteiger charge is 2.08. The fourth-order valence-electron chi connectivity index (χ4n) is 0.756. The van der Waals surface area contributed by atoms with Crippen LogP contribution in [0.4, 0.5) is 0 Å². The smallest absolute Gasteiger partial charge is 0.0731 e. The van der Waals surface area contributed by atoms with Crippen molar-refractivity contribution in [1.82, 2.24) is 0 Å². The molecule has 11 heavy (non-hydrogen) atoms. The van der Waals surface area contributed by atoms with Crippen LogP contribution in [0.2, 0.25) is 0 Å². The third kappa shape index (κ3) is 2.02. The van der Waals surface area contributed by atoms with Crippen LogP contribution in [-0.2, 0) is 0 Å². The molecule has 62 valence electrons. The maximum atomic E-state index is 8.75. The van der Waals surface area contributed by atoms with Crippen molar-refractivity contribution in [3.05, 3.63) is 20.3 Å². The van der Waals surface area contributed by atoms with Crippen LogP contribution in [-0.4, -0.2) is 11.7 Å². The fourth-order valence-corrected chi connectivity index (χ4v) is 2.32. The lowest BCUT2D eigenvalue weighted by Gasteiger charge is -2.02. The van der Waals surface area contributed by atoms with Gasteiger partial charge >= 0.3 is 0 Å². The van der Waals surface area contributed by atoms with Gasteiger partial charge in [-0.3, -0.25) is 0 Å². The highest BCUT2D eigenvalue weighted by molar-refractivity contribution is 9.11. The summed E-state index contributed by atoms with van der Waals surface area (Å²) in [6, 6.07) is 1.76. The van der Waals surface area contributed by atoms with Gasteiger partial charge in [0, 0.05) is 4.88 Å². The lowest BCUT2D eigenvalue weighted by Crippen LogP contribution is -2.12. The topological polar surface area (TPSA) is 46.2 Å². The minimum absolute atomic E-state index is 0.00634. The number of nitrogens with two attached hydrogens (primary N) is 1. The van der Waals surface area contributed by atoms with E-state index in [1.165, 1.54) is 5.56 Å². The van der Waals surface area contributed by atoms with Gasteiger partial charge in [-0.05, 0) is 34.5 Å². The van der Waals surface area contributed by atoms with Crippen molar-refractivity contribution in [3.63, 3.8) is 0 Å². The zero-order valence-electron chi connectivity index (χ0n) is 6.17. The Balaban J connectivity index is 2.88. The molecule has 4 heteroatoms. The van der Waals surface area contributed by atoms with Crippen molar-refractivity contribution in [1.29, 1.82) is 0 Å². The van der Waals surface area contributed by atoms with E-state index in [1.807, 2.05) is 13.0 Å². The van der Waals surface area contributed by atoms with Gasteiger partial charge in [-0.2, -0.15) is 0 Å². The molecule has 0 amide bonds. The molecule has 0 spiro atoms. The van der Waals surface area contributed by atoms with Crippen LogP contribution < -0.4 is 5.73 Å². The van der Waals surface area contributed by atoms with Gasteiger partial charge in [-0.15, -0.1) is 11.3 Å². The second-order valence-corrected chi connectivity index (χ2v) is 4.80. The van der Waals surface area contributed by atoms with E-state index in [9.17, 15) is 0 Å². The molecular formula is C7H10BrNOS. The van der Waals surface area contributed by atoms with Crippen LogP contribution in [0.1, 0.15) is 16.5 Å². The summed E-state index contributed by atoms with van der Waals surface area (Å²) in [5, 5.41) is 8.75. The van der Waals surface area contributed by atoms with Gasteiger partial charge in [0.05, 0.1) is 16.4 Å². The normalized spacial score (nSPS) is 13.5. The Morgan fingerprint density at radius 1 is 1.82 bits per heavy atom. The van der Waals surface area contributed by atoms with Crippen molar-refractivity contribution >= 4 is 27.3 Å². The molecule has 1 rings (SSSR count). The average molecular weight is 236 g/mol. The summed E-state index contributed by atoms with van der Waals surface area (Å²) in [5.74, 6) is 0. The molecule has 1 atom stereocenters. The largest absolute Gasteiger partial charge is 0.394 e. The van der Waals surface area contributed by atoms with E-state index in [-0.39, 0.29) is 12.6 Å². The number of aliphatic hydroxyl groups is 1. The minimum atomic E-state index is -0.231. The first-order chi connectivity index (χ1) is 5.15. The Labute approximate surface area is 78.2 Å². The predicted molar refractivity (Wildman–Crippen MR) is 50.8 cm³/mol. The average Bonchev–Trinajstić information content (AvgIpc) is 2.31. The molecule has 0 aliphatic carbocycles. The molecule has 2 nitrogen and oxygen atoms in total. The van der Waals surface area contributed by atoms with E-state index in [1.54, 1.807) is 11.3 Å². The number of halogens is 1. The van der Waals surface area contributed by atoms with Gasteiger partial charge in [0.2, 0.25) is 0 Å². The first kappa shape index (κ1) is 9.19. The molecule has 0 saturated heterocycles. The highest BCUT2D eigenvalue weighted by atomic mass is 79.9. The predicted octanol–water partition coefficient (Wildman–Crippen LogP) is 1.81. The maximum absolute atomic E-state index is 8.75. The zero-order chi connectivity index (χ0) is 8.43. The van der Waals surface area contributed by atoms with Gasteiger partial charge in [-0.25, -0.2) is 0 Å². The summed E-state index contributed by atoms with van der Waals surface area (Å²) in [6.07, 6.45) is 0. The van der Waals surface area contributed by atoms with E-state index in [0.717, 1.165) is 8.66 Å². The minimum Gasteiger partial charge on any atom is -0.394 e. The number of thiophene rings is 1. The Morgan fingerprint density at radius 2 is 2.45 bits per heavy atom. The van der Waals surface area contributed by atoms with Crippen molar-refractivity contribution in [2.45, 2.75) is 13.0 Å². The fraction of sp³-hybridized carbons (Fsp3) is 0.429. The molecule has 0 bridgehead atoms. The van der Waals surface area contributed by atoms with Gasteiger partial charge in [0.1, 0.15) is 0 Å². The molecular weight excluding hydrogens is 226 g/mol. The summed E-state index contributed by atoms with van der Waals surface area (Å²) < 4.78 is 1.09. The number of aliphatic hydroxyl groups excluding tert-OH is 1. The quantitative estimate of drug-likeness (QED) is 0.822. The van der Waals surface area contributed by atoms with Crippen molar-refractivity contribution in [2.75, 3.05) is 6.61 Å². The van der Waals surface area contributed by atoms with E-state index >= 15 is 0 Å². The molecule has 0 aliphatic heterocycles. The van der Waals surface area contributed by atoms with Crippen molar-refractivity contribution in [3.8, 4) is 0 Å². The number of rotatable bonds is 2. The highest BCUT2D eigenvalue weighted by Crippen LogP contribution is 2.30. The second-order valence-electron chi connectivity index (χ2n) is 2.39. The van der Waals surface area contributed by atoms with Crippen molar-refractivity contribution < 1.29 is 5.11 Å². The van der Waals surface area contributed by atoms with Crippen LogP contribution in [0.5, 0.6) is 0 Å². The number of aryl methyl sites for hydroxylation is 1. The van der Waals surface area contributed by atoms with Crippen LogP contribution in [0, 0.1) is 6.92 Å². The van der Waals surface area contributed by atoms with Crippen LogP contribution in [0.25, 0.3) is 0 Å². The van der Waals surface area contributed by atoms with Crippen LogP contribution in [0.15, 0.2) is 9.85 Å². The monoisotopic (exact) mass is 235 g/mol. The van der Waals surface area contributed by atoms with Crippen molar-refractivity contribution in [2.24, 2.45) is 5.73 Å². The summed E-state index contributed by atoms with van der Waals surface area (Å²) in [5.41, 5.74) is 6.79. The zero-order valence-corrected chi connectivity index (χ0v) is 8.58. The lowest BCUT2D eigenvalue weighted by atomic mass is 10.2. The second kappa shape index (κ2) is 3.67. The molecule has 0 aromatic carbocycles. The Hall–Kier alpha value is 0.100. The Morgan fingerprint density at radius 3 is 2.82 bits per heavy atom. The molecule has 0 radical (unpaired) electrons. The third-order valence-electron chi connectivity index (χ3n) is 1.44. The molecule has 0 aliphatic rings. The van der Waals surface area contributed by atoms with E-state index < -0.39 is 0 Å². The first-order valence-electron chi connectivity index (χ1n) is 3.27. The van der Waals surface area contributed by atoms with Gasteiger partial charge < -0.3 is 10.8 Å². The summed E-state index contributed by atoms with van der Waals surface area (Å²) in [7, 11) is 0. The van der Waals surface area contributed by atoms with E-state index in [4.69, 9.17) is 10.8 Å². The first-order valence-corrected chi connectivity index (χ1v) is 4.88.